The van der Waals surface area contributed by atoms with Crippen LogP contribution in [0.2, 0.25) is 0 Å². The van der Waals surface area contributed by atoms with Crippen molar-refractivity contribution >= 4 is 47.1 Å². The van der Waals surface area contributed by atoms with Gasteiger partial charge in [0.05, 0.1) is 18.8 Å². The summed E-state index contributed by atoms with van der Waals surface area (Å²) in [6.07, 6.45) is 1.82. The van der Waals surface area contributed by atoms with Crippen LogP contribution in [-0.2, 0) is 13.1 Å². The first-order chi connectivity index (χ1) is 11.5. The Hall–Kier alpha value is -1.42. The normalized spacial score (nSPS) is 11.0. The van der Waals surface area contributed by atoms with Crippen molar-refractivity contribution in [3.63, 3.8) is 0 Å². The molecule has 0 fully saturated rings. The zero-order chi connectivity index (χ0) is 17.5. The van der Waals surface area contributed by atoms with E-state index in [-0.39, 0.29) is 24.0 Å². The van der Waals surface area contributed by atoms with E-state index in [1.807, 2.05) is 38.2 Å². The van der Waals surface area contributed by atoms with Gasteiger partial charge >= 0.3 is 0 Å². The SMILES string of the molecule is CCNC(=NCc1ccnc(N(C)C)c1)NCc1nc(C)c(C)s1.I. The molecule has 0 amide bonds. The van der Waals surface area contributed by atoms with Gasteiger partial charge in [0.2, 0.25) is 0 Å². The summed E-state index contributed by atoms with van der Waals surface area (Å²) in [6, 6.07) is 4.05. The minimum atomic E-state index is 0. The molecular formula is C17H27IN6S. The smallest absolute Gasteiger partial charge is 0.191 e. The van der Waals surface area contributed by atoms with Crippen LogP contribution in [0, 0.1) is 13.8 Å². The number of rotatable bonds is 6. The quantitative estimate of drug-likeness (QED) is 0.383. The second kappa shape index (κ2) is 10.5. The molecule has 138 valence electrons. The first-order valence-electron chi connectivity index (χ1n) is 8.07. The molecule has 0 radical (unpaired) electrons. The topological polar surface area (TPSA) is 65.4 Å². The van der Waals surface area contributed by atoms with Crippen molar-refractivity contribution in [2.75, 3.05) is 25.5 Å². The number of halogens is 1. The third kappa shape index (κ3) is 6.77. The van der Waals surface area contributed by atoms with Gasteiger partial charge < -0.3 is 15.5 Å². The third-order valence-electron chi connectivity index (χ3n) is 3.51. The summed E-state index contributed by atoms with van der Waals surface area (Å²) >= 11 is 1.72. The predicted molar refractivity (Wildman–Crippen MR) is 117 cm³/mol. The zero-order valence-electron chi connectivity index (χ0n) is 15.5. The van der Waals surface area contributed by atoms with Gasteiger partial charge in [-0.25, -0.2) is 15.0 Å². The fraction of sp³-hybridized carbons (Fsp3) is 0.471. The van der Waals surface area contributed by atoms with Gasteiger partial charge in [0.15, 0.2) is 5.96 Å². The maximum Gasteiger partial charge on any atom is 0.191 e. The summed E-state index contributed by atoms with van der Waals surface area (Å²) in [5, 5.41) is 7.70. The lowest BCUT2D eigenvalue weighted by atomic mass is 10.2. The Morgan fingerprint density at radius 3 is 2.64 bits per heavy atom. The highest BCUT2D eigenvalue weighted by molar-refractivity contribution is 14.0. The van der Waals surface area contributed by atoms with Gasteiger partial charge in [-0.2, -0.15) is 0 Å². The molecule has 2 rings (SSSR count). The Labute approximate surface area is 171 Å². The van der Waals surface area contributed by atoms with Gasteiger partial charge in [-0.3, -0.25) is 0 Å². The summed E-state index contributed by atoms with van der Waals surface area (Å²) < 4.78 is 0. The van der Waals surface area contributed by atoms with Crippen molar-refractivity contribution in [1.29, 1.82) is 0 Å². The number of aliphatic imine (C=N–C) groups is 1. The summed E-state index contributed by atoms with van der Waals surface area (Å²) in [7, 11) is 3.97. The second-order valence-electron chi connectivity index (χ2n) is 5.71. The first-order valence-corrected chi connectivity index (χ1v) is 8.88. The van der Waals surface area contributed by atoms with E-state index < -0.39 is 0 Å². The van der Waals surface area contributed by atoms with E-state index in [2.05, 4.69) is 45.5 Å². The third-order valence-corrected chi connectivity index (χ3v) is 4.58. The summed E-state index contributed by atoms with van der Waals surface area (Å²) in [5.74, 6) is 1.74. The van der Waals surface area contributed by atoms with Crippen LogP contribution in [0.5, 0.6) is 0 Å². The highest BCUT2D eigenvalue weighted by Gasteiger charge is 2.05. The minimum Gasteiger partial charge on any atom is -0.363 e. The number of guanidine groups is 1. The molecule has 6 nitrogen and oxygen atoms in total. The Balaban J connectivity index is 0.00000312. The largest absolute Gasteiger partial charge is 0.363 e. The summed E-state index contributed by atoms with van der Waals surface area (Å²) in [5.41, 5.74) is 2.23. The van der Waals surface area contributed by atoms with Crippen molar-refractivity contribution in [3.05, 3.63) is 39.5 Å². The standard InChI is InChI=1S/C17H26N6S.HI/c1-6-18-17(21-11-16-22-12(2)13(3)24-16)20-10-14-7-8-19-15(9-14)23(4)5;/h7-9H,6,10-11H2,1-5H3,(H2,18,20,21);1H. The lowest BCUT2D eigenvalue weighted by Crippen LogP contribution is -2.36. The molecule has 0 bridgehead atoms. The molecule has 0 atom stereocenters. The van der Waals surface area contributed by atoms with E-state index in [0.717, 1.165) is 34.6 Å². The van der Waals surface area contributed by atoms with Crippen LogP contribution in [0.1, 0.15) is 28.1 Å². The molecule has 0 aliphatic rings. The summed E-state index contributed by atoms with van der Waals surface area (Å²) in [4.78, 5) is 16.8. The van der Waals surface area contributed by atoms with Crippen LogP contribution in [-0.4, -0.2) is 36.6 Å². The van der Waals surface area contributed by atoms with Crippen LogP contribution >= 0.6 is 35.3 Å². The lowest BCUT2D eigenvalue weighted by molar-refractivity contribution is 0.809. The molecule has 2 aromatic rings. The number of nitrogens with one attached hydrogen (secondary N) is 2. The highest BCUT2D eigenvalue weighted by Crippen LogP contribution is 2.16. The number of aromatic nitrogens is 2. The maximum atomic E-state index is 4.65. The average Bonchev–Trinajstić information content (AvgIpc) is 2.88. The number of hydrogen-bond acceptors (Lipinski definition) is 5. The van der Waals surface area contributed by atoms with Crippen molar-refractivity contribution in [3.8, 4) is 0 Å². The molecule has 2 N–H and O–H groups in total. The molecule has 25 heavy (non-hydrogen) atoms. The maximum absolute atomic E-state index is 4.65. The Morgan fingerprint density at radius 1 is 1.28 bits per heavy atom. The molecule has 0 saturated carbocycles. The monoisotopic (exact) mass is 474 g/mol. The van der Waals surface area contributed by atoms with Gasteiger partial charge in [-0.15, -0.1) is 35.3 Å². The number of anilines is 1. The average molecular weight is 474 g/mol. The van der Waals surface area contributed by atoms with Crippen LogP contribution in [0.4, 0.5) is 5.82 Å². The molecule has 8 heteroatoms. The first kappa shape index (κ1) is 21.6. The number of nitrogens with zero attached hydrogens (tertiary/aromatic N) is 4. The minimum absolute atomic E-state index is 0. The van der Waals surface area contributed by atoms with Crippen LogP contribution in [0.3, 0.4) is 0 Å². The van der Waals surface area contributed by atoms with E-state index >= 15 is 0 Å². The van der Waals surface area contributed by atoms with Crippen LogP contribution in [0.15, 0.2) is 23.3 Å². The second-order valence-corrected chi connectivity index (χ2v) is 7.00. The molecular weight excluding hydrogens is 447 g/mol. The molecule has 0 aliphatic heterocycles. The Morgan fingerprint density at radius 2 is 2.04 bits per heavy atom. The van der Waals surface area contributed by atoms with Crippen molar-refractivity contribution in [2.45, 2.75) is 33.9 Å². The molecule has 0 aromatic carbocycles. The lowest BCUT2D eigenvalue weighted by Gasteiger charge is -2.12. The predicted octanol–water partition coefficient (Wildman–Crippen LogP) is 3.09. The number of aryl methyl sites for hydroxylation is 2. The fourth-order valence-electron chi connectivity index (χ4n) is 2.09. The zero-order valence-corrected chi connectivity index (χ0v) is 18.6. The van der Waals surface area contributed by atoms with Gasteiger partial charge in [0.25, 0.3) is 0 Å². The van der Waals surface area contributed by atoms with Crippen LogP contribution < -0.4 is 15.5 Å². The van der Waals surface area contributed by atoms with Gasteiger partial charge in [0, 0.05) is 31.7 Å². The van der Waals surface area contributed by atoms with E-state index in [0.29, 0.717) is 13.1 Å². The number of pyridine rings is 1. The van der Waals surface area contributed by atoms with Gasteiger partial charge in [-0.1, -0.05) is 0 Å². The molecule has 0 spiro atoms. The van der Waals surface area contributed by atoms with E-state index in [4.69, 9.17) is 0 Å². The summed E-state index contributed by atoms with van der Waals surface area (Å²) in [6.45, 7) is 8.31. The van der Waals surface area contributed by atoms with Crippen molar-refractivity contribution in [1.82, 2.24) is 20.6 Å². The van der Waals surface area contributed by atoms with Gasteiger partial charge in [-0.05, 0) is 38.5 Å². The van der Waals surface area contributed by atoms with Crippen molar-refractivity contribution in [2.24, 2.45) is 4.99 Å². The van der Waals surface area contributed by atoms with Crippen molar-refractivity contribution < 1.29 is 0 Å². The Bertz CT molecular complexity index is 679. The molecule has 2 heterocycles. The fourth-order valence-corrected chi connectivity index (χ4v) is 2.96. The molecule has 2 aromatic heterocycles. The number of hydrogen-bond donors (Lipinski definition) is 2. The molecule has 0 saturated heterocycles. The van der Waals surface area contributed by atoms with E-state index in [1.54, 1.807) is 11.3 Å². The highest BCUT2D eigenvalue weighted by atomic mass is 127. The van der Waals surface area contributed by atoms with Gasteiger partial charge in [0.1, 0.15) is 10.8 Å². The van der Waals surface area contributed by atoms with E-state index in [9.17, 15) is 0 Å². The molecule has 0 aliphatic carbocycles. The Kier molecular flexibility index (Phi) is 9.12. The van der Waals surface area contributed by atoms with E-state index in [1.165, 1.54) is 4.88 Å². The number of thiazole rings is 1. The molecule has 0 unspecified atom stereocenters. The van der Waals surface area contributed by atoms with Crippen LogP contribution in [0.25, 0.3) is 0 Å².